The lowest BCUT2D eigenvalue weighted by Gasteiger charge is -2.32. The van der Waals surface area contributed by atoms with Gasteiger partial charge in [-0.3, -0.25) is 0 Å². The average Bonchev–Trinajstić information content (AvgIpc) is 2.16. The molecule has 0 aromatic carbocycles. The van der Waals surface area contributed by atoms with Crippen LogP contribution in [0.15, 0.2) is 0 Å². The van der Waals surface area contributed by atoms with Crippen molar-refractivity contribution in [2.45, 2.75) is 64.7 Å². The zero-order valence-electron chi connectivity index (χ0n) is 10.3. The summed E-state index contributed by atoms with van der Waals surface area (Å²) in [5.41, 5.74) is 0. The zero-order chi connectivity index (χ0) is 13.5. The lowest BCUT2D eigenvalue weighted by Crippen LogP contribution is -2.50. The molecule has 6 heteroatoms. The van der Waals surface area contributed by atoms with Crippen molar-refractivity contribution in [1.29, 1.82) is 0 Å². The highest BCUT2D eigenvalue weighted by Crippen LogP contribution is 2.36. The van der Waals surface area contributed by atoms with Crippen molar-refractivity contribution in [3.63, 3.8) is 0 Å². The number of rotatable bonds is 8. The molecule has 17 heavy (non-hydrogen) atoms. The van der Waals surface area contributed by atoms with Gasteiger partial charge in [0.15, 0.2) is 0 Å². The Morgan fingerprint density at radius 3 is 1.76 bits per heavy atom. The van der Waals surface area contributed by atoms with Gasteiger partial charge in [0.25, 0.3) is 0 Å². The largest absolute Gasteiger partial charge is 0.464 e. The summed E-state index contributed by atoms with van der Waals surface area (Å²) in [7, 11) is 0. The summed E-state index contributed by atoms with van der Waals surface area (Å²) in [6, 6.07) is -3.79. The normalized spacial score (nSPS) is 13.4. The van der Waals surface area contributed by atoms with Crippen LogP contribution in [-0.2, 0) is 0 Å². The minimum absolute atomic E-state index is 0.113. The third-order valence-corrected chi connectivity index (χ3v) is 2.52. The summed E-state index contributed by atoms with van der Waals surface area (Å²) in [6.07, 6.45) is -3.79. The molecule has 1 nitrogen and oxygen atoms in total. The van der Waals surface area contributed by atoms with Crippen LogP contribution >= 0.6 is 0 Å². The van der Waals surface area contributed by atoms with E-state index in [9.17, 15) is 22.0 Å². The molecule has 0 N–H and O–H groups in total. The van der Waals surface area contributed by atoms with Crippen molar-refractivity contribution in [3.8, 4) is 0 Å². The number of hydrogen-bond donors (Lipinski definition) is 0. The molecule has 0 rings (SSSR count). The van der Waals surface area contributed by atoms with Gasteiger partial charge in [0, 0.05) is 13.0 Å². The molecule has 0 spiro atoms. The quantitative estimate of drug-likeness (QED) is 0.345. The van der Waals surface area contributed by atoms with Gasteiger partial charge in [0.2, 0.25) is 0 Å². The Labute approximate surface area is 99.0 Å². The Hall–Kier alpha value is -0.390. The molecule has 0 aliphatic heterocycles. The molecule has 0 aromatic heterocycles. The van der Waals surface area contributed by atoms with E-state index in [0.717, 1.165) is 0 Å². The average molecular weight is 261 g/mol. The smallest absolute Gasteiger partial charge is 0.188 e. The second-order valence-electron chi connectivity index (χ2n) is 4.10. The van der Waals surface area contributed by atoms with E-state index in [1.807, 2.05) is 6.92 Å². The van der Waals surface area contributed by atoms with Crippen molar-refractivity contribution in [2.24, 2.45) is 0 Å². The molecule has 0 aromatic rings. The van der Waals surface area contributed by atoms with Gasteiger partial charge >= 0.3 is 12.3 Å². The Morgan fingerprint density at radius 2 is 1.35 bits per heavy atom. The number of unbranched alkanes of at least 4 members (excludes halogenated alkanes) is 3. The SMILES string of the molecule is CCCCCC(F)(F)N(CCCC)C(F)(F)F. The summed E-state index contributed by atoms with van der Waals surface area (Å²) in [5.74, 6) is 0. The van der Waals surface area contributed by atoms with E-state index in [1.54, 1.807) is 6.92 Å². The maximum atomic E-state index is 13.4. The Bertz CT molecular complexity index is 203. The van der Waals surface area contributed by atoms with Gasteiger partial charge in [-0.1, -0.05) is 33.1 Å². The zero-order valence-corrected chi connectivity index (χ0v) is 10.3. The van der Waals surface area contributed by atoms with E-state index < -0.39 is 30.2 Å². The van der Waals surface area contributed by atoms with Crippen LogP contribution in [0, 0.1) is 0 Å². The van der Waals surface area contributed by atoms with Crippen LogP contribution in [0.4, 0.5) is 22.0 Å². The minimum atomic E-state index is -4.97. The molecule has 0 bridgehead atoms. The van der Waals surface area contributed by atoms with Gasteiger partial charge in [0.1, 0.15) is 0 Å². The van der Waals surface area contributed by atoms with Crippen LogP contribution in [0.3, 0.4) is 0 Å². The van der Waals surface area contributed by atoms with Crippen LogP contribution in [-0.4, -0.2) is 23.8 Å². The maximum absolute atomic E-state index is 13.4. The Morgan fingerprint density at radius 1 is 0.824 bits per heavy atom. The molecule has 104 valence electrons. The summed E-state index contributed by atoms with van der Waals surface area (Å²) in [4.78, 5) is -0.626. The second kappa shape index (κ2) is 7.13. The van der Waals surface area contributed by atoms with E-state index in [2.05, 4.69) is 0 Å². The lowest BCUT2D eigenvalue weighted by atomic mass is 10.1. The molecule has 0 aliphatic carbocycles. The number of nitrogens with zero attached hydrogens (tertiary/aromatic N) is 1. The Balaban J connectivity index is 4.53. The molecule has 0 saturated heterocycles. The van der Waals surface area contributed by atoms with Crippen molar-refractivity contribution in [1.82, 2.24) is 4.90 Å². The highest BCUT2D eigenvalue weighted by atomic mass is 19.4. The van der Waals surface area contributed by atoms with Crippen LogP contribution in [0.25, 0.3) is 0 Å². The van der Waals surface area contributed by atoms with Crippen LogP contribution in [0.5, 0.6) is 0 Å². The molecule has 0 heterocycles. The van der Waals surface area contributed by atoms with E-state index in [4.69, 9.17) is 0 Å². The predicted octanol–water partition coefficient (Wildman–Crippen LogP) is 4.78. The molecule has 0 amide bonds. The monoisotopic (exact) mass is 261 g/mol. The van der Waals surface area contributed by atoms with E-state index >= 15 is 0 Å². The first kappa shape index (κ1) is 16.6. The number of halogens is 5. The number of alkyl halides is 5. The van der Waals surface area contributed by atoms with Crippen LogP contribution in [0.2, 0.25) is 0 Å². The fourth-order valence-corrected chi connectivity index (χ4v) is 1.51. The summed E-state index contributed by atoms with van der Waals surface area (Å²) >= 11 is 0. The molecule has 0 radical (unpaired) electrons. The second-order valence-corrected chi connectivity index (χ2v) is 4.10. The first-order chi connectivity index (χ1) is 7.75. The highest BCUT2D eigenvalue weighted by Gasteiger charge is 2.51. The summed E-state index contributed by atoms with van der Waals surface area (Å²) in [5, 5.41) is 0. The van der Waals surface area contributed by atoms with Crippen molar-refractivity contribution in [3.05, 3.63) is 0 Å². The fraction of sp³-hybridized carbons (Fsp3) is 1.00. The van der Waals surface area contributed by atoms with Gasteiger partial charge in [-0.05, 0) is 12.8 Å². The molecule has 0 fully saturated rings. The minimum Gasteiger partial charge on any atom is -0.188 e. The van der Waals surface area contributed by atoms with Gasteiger partial charge < -0.3 is 0 Å². The molecule has 0 saturated carbocycles. The Kier molecular flexibility index (Phi) is 6.97. The molecular weight excluding hydrogens is 241 g/mol. The third-order valence-electron chi connectivity index (χ3n) is 2.52. The highest BCUT2D eigenvalue weighted by molar-refractivity contribution is 4.72. The van der Waals surface area contributed by atoms with Crippen LogP contribution < -0.4 is 0 Å². The van der Waals surface area contributed by atoms with E-state index in [1.165, 1.54) is 0 Å². The van der Waals surface area contributed by atoms with Crippen LogP contribution in [0.1, 0.15) is 52.4 Å². The van der Waals surface area contributed by atoms with Gasteiger partial charge in [-0.2, -0.15) is 26.9 Å². The molecule has 0 unspecified atom stereocenters. The molecule has 0 atom stereocenters. The summed E-state index contributed by atoms with van der Waals surface area (Å²) < 4.78 is 64.4. The molecular formula is C11H20F5N. The van der Waals surface area contributed by atoms with Crippen molar-refractivity contribution in [2.75, 3.05) is 6.54 Å². The summed E-state index contributed by atoms with van der Waals surface area (Å²) in [6.45, 7) is 2.85. The van der Waals surface area contributed by atoms with E-state index in [-0.39, 0.29) is 12.8 Å². The first-order valence-corrected chi connectivity index (χ1v) is 5.98. The third kappa shape index (κ3) is 6.19. The van der Waals surface area contributed by atoms with Gasteiger partial charge in [-0.25, -0.2) is 0 Å². The van der Waals surface area contributed by atoms with Gasteiger partial charge in [-0.15, -0.1) is 0 Å². The van der Waals surface area contributed by atoms with Gasteiger partial charge in [0.05, 0.1) is 0 Å². The lowest BCUT2D eigenvalue weighted by molar-refractivity contribution is -0.333. The molecule has 0 aliphatic rings. The standard InChI is InChI=1S/C11H20F5N/c1-3-5-7-8-10(12,13)17(9-6-4-2)11(14,15)16/h3-9H2,1-2H3. The van der Waals surface area contributed by atoms with E-state index in [0.29, 0.717) is 19.3 Å². The van der Waals surface area contributed by atoms with Crippen molar-refractivity contribution < 1.29 is 22.0 Å². The first-order valence-electron chi connectivity index (χ1n) is 5.98. The number of hydrogen-bond acceptors (Lipinski definition) is 1. The topological polar surface area (TPSA) is 3.24 Å². The fourth-order valence-electron chi connectivity index (χ4n) is 1.51. The van der Waals surface area contributed by atoms with Crippen molar-refractivity contribution >= 4 is 0 Å². The predicted molar refractivity (Wildman–Crippen MR) is 56.8 cm³/mol. The maximum Gasteiger partial charge on any atom is 0.464 e.